The Kier molecular flexibility index (Phi) is 4.90. The van der Waals surface area contributed by atoms with Gasteiger partial charge in [0.2, 0.25) is 0 Å². The van der Waals surface area contributed by atoms with Crippen LogP contribution in [0.15, 0.2) is 12.2 Å². The van der Waals surface area contributed by atoms with Crippen LogP contribution in [-0.2, 0) is 14.0 Å². The minimum atomic E-state index is -1.85. The Bertz CT molecular complexity index is 629. The number of carbonyl (C=O) groups excluding carboxylic acids is 1. The van der Waals surface area contributed by atoms with Crippen molar-refractivity contribution in [1.82, 2.24) is 0 Å². The number of carbonyl (C=O) groups is 1. The Balaban J connectivity index is 1.81. The maximum Gasteiger partial charge on any atom is 0.348 e. The number of esters is 1. The monoisotopic (exact) mass is 375 g/mol. The first-order valence-electron chi connectivity index (χ1n) is 9.94. The van der Waals surface area contributed by atoms with Crippen molar-refractivity contribution in [1.29, 1.82) is 5.26 Å². The van der Waals surface area contributed by atoms with Gasteiger partial charge in [0.25, 0.3) is 0 Å². The smallest absolute Gasteiger partial charge is 0.348 e. The molecule has 4 aliphatic rings. The van der Waals surface area contributed by atoms with Crippen molar-refractivity contribution in [3.05, 3.63) is 12.2 Å². The van der Waals surface area contributed by atoms with Crippen LogP contribution in [0.2, 0.25) is 18.1 Å². The van der Waals surface area contributed by atoms with Crippen molar-refractivity contribution in [2.45, 2.75) is 76.6 Å². The number of nitrogens with zero attached hydrogens (tertiary/aromatic N) is 1. The third kappa shape index (κ3) is 3.38. The topological polar surface area (TPSA) is 59.3 Å². The lowest BCUT2D eigenvalue weighted by atomic mass is 9.50. The van der Waals surface area contributed by atoms with Gasteiger partial charge >= 0.3 is 5.97 Å². The normalized spacial score (nSPS) is 35.8. The summed E-state index contributed by atoms with van der Waals surface area (Å²) in [4.78, 5) is 12.4. The number of hydrogen-bond acceptors (Lipinski definition) is 4. The summed E-state index contributed by atoms with van der Waals surface area (Å²) < 4.78 is 12.6. The first-order valence-corrected chi connectivity index (χ1v) is 12.8. The van der Waals surface area contributed by atoms with Gasteiger partial charge in [0, 0.05) is 12.5 Å². The minimum absolute atomic E-state index is 0.0928. The Morgan fingerprint density at radius 1 is 1.23 bits per heavy atom. The maximum absolute atomic E-state index is 12.4. The van der Waals surface area contributed by atoms with E-state index in [2.05, 4.69) is 40.4 Å². The number of rotatable bonds is 5. The summed E-state index contributed by atoms with van der Waals surface area (Å²) in [5.41, 5.74) is -0.543. The third-order valence-electron chi connectivity index (χ3n) is 7.56. The lowest BCUT2D eigenvalue weighted by Crippen LogP contribution is -2.61. The predicted molar refractivity (Wildman–Crippen MR) is 104 cm³/mol. The second-order valence-corrected chi connectivity index (χ2v) is 15.1. The van der Waals surface area contributed by atoms with Crippen molar-refractivity contribution in [3.8, 4) is 6.07 Å². The molecule has 0 aromatic rings. The highest BCUT2D eigenvalue weighted by Gasteiger charge is 2.59. The minimum Gasteiger partial charge on any atom is -0.455 e. The van der Waals surface area contributed by atoms with Gasteiger partial charge in [0.1, 0.15) is 17.2 Å². The Morgan fingerprint density at radius 3 is 2.31 bits per heavy atom. The van der Waals surface area contributed by atoms with Gasteiger partial charge < -0.3 is 9.16 Å². The number of hydrogen-bond donors (Lipinski definition) is 0. The van der Waals surface area contributed by atoms with Crippen LogP contribution in [0.5, 0.6) is 0 Å². The third-order valence-corrected chi connectivity index (χ3v) is 12.1. The van der Waals surface area contributed by atoms with Crippen LogP contribution in [0.1, 0.15) is 52.9 Å². The standard InChI is InChI=1S/C21H33NO3Si/c1-14(12-22)19(23)25-21-10-15-7-16(11-21)9-17(8-15)18(21)13-24-26(5,6)20(2,3)4/h15-18H,1,7-11,13H2,2-6H3. The van der Waals surface area contributed by atoms with E-state index < -0.39 is 19.9 Å². The molecule has 4 bridgehead atoms. The molecule has 0 aromatic carbocycles. The fourth-order valence-corrected chi connectivity index (χ4v) is 6.35. The summed E-state index contributed by atoms with van der Waals surface area (Å²) in [5, 5.41) is 9.18. The lowest BCUT2D eigenvalue weighted by Gasteiger charge is -2.60. The van der Waals surface area contributed by atoms with Gasteiger partial charge in [-0.15, -0.1) is 0 Å². The summed E-state index contributed by atoms with van der Waals surface area (Å²) in [5.74, 6) is 1.60. The van der Waals surface area contributed by atoms with E-state index in [0.717, 1.165) is 12.8 Å². The van der Waals surface area contributed by atoms with Gasteiger partial charge in [-0.1, -0.05) is 27.4 Å². The van der Waals surface area contributed by atoms with E-state index in [1.165, 1.54) is 19.3 Å². The summed E-state index contributed by atoms with van der Waals surface area (Å²) in [6.45, 7) is 15.5. The van der Waals surface area contributed by atoms with Gasteiger partial charge in [-0.25, -0.2) is 4.79 Å². The summed E-state index contributed by atoms with van der Waals surface area (Å²) in [6, 6.07) is 1.84. The molecule has 3 atom stereocenters. The second-order valence-electron chi connectivity index (χ2n) is 10.3. The zero-order valence-corrected chi connectivity index (χ0v) is 17.9. The molecule has 0 amide bonds. The molecule has 0 aliphatic heterocycles. The van der Waals surface area contributed by atoms with Crippen molar-refractivity contribution in [2.24, 2.45) is 23.7 Å². The molecule has 3 unspecified atom stereocenters. The summed E-state index contributed by atoms with van der Waals surface area (Å²) >= 11 is 0. The maximum atomic E-state index is 12.4. The second kappa shape index (κ2) is 6.49. The lowest BCUT2D eigenvalue weighted by molar-refractivity contribution is -0.209. The predicted octanol–water partition coefficient (Wildman–Crippen LogP) is 4.83. The summed E-state index contributed by atoms with van der Waals surface area (Å²) in [6.07, 6.45) is 5.60. The van der Waals surface area contributed by atoms with E-state index in [1.54, 1.807) is 0 Å². The Hall–Kier alpha value is -1.12. The van der Waals surface area contributed by atoms with E-state index in [4.69, 9.17) is 14.4 Å². The largest absolute Gasteiger partial charge is 0.455 e. The zero-order valence-electron chi connectivity index (χ0n) is 16.9. The fraction of sp³-hybridized carbons (Fsp3) is 0.810. The average Bonchev–Trinajstić information content (AvgIpc) is 2.51. The molecule has 0 N–H and O–H groups in total. The fourth-order valence-electron chi connectivity index (χ4n) is 5.32. The Labute approximate surface area is 159 Å². The SMILES string of the molecule is C=C(C#N)C(=O)OC12CC3CC(CC(C3)C1CO[Si](C)(C)C(C)(C)C)C2. The van der Waals surface area contributed by atoms with Crippen molar-refractivity contribution in [2.75, 3.05) is 6.61 Å². The average molecular weight is 376 g/mol. The van der Waals surface area contributed by atoms with Crippen LogP contribution < -0.4 is 0 Å². The van der Waals surface area contributed by atoms with E-state index in [9.17, 15) is 4.79 Å². The molecule has 5 heteroatoms. The molecule has 144 valence electrons. The summed E-state index contributed by atoms with van der Waals surface area (Å²) in [7, 11) is -1.85. The van der Waals surface area contributed by atoms with Gasteiger partial charge in [-0.05, 0) is 68.0 Å². The van der Waals surface area contributed by atoms with Crippen LogP contribution >= 0.6 is 0 Å². The van der Waals surface area contributed by atoms with Crippen molar-refractivity contribution < 1.29 is 14.0 Å². The molecular formula is C21H33NO3Si. The molecule has 4 rings (SSSR count). The highest BCUT2D eigenvalue weighted by molar-refractivity contribution is 6.74. The molecule has 4 aliphatic carbocycles. The van der Waals surface area contributed by atoms with Gasteiger partial charge in [-0.2, -0.15) is 5.26 Å². The zero-order chi connectivity index (χ0) is 19.3. The van der Waals surface area contributed by atoms with Crippen molar-refractivity contribution in [3.63, 3.8) is 0 Å². The Morgan fingerprint density at radius 2 is 1.81 bits per heavy atom. The number of nitriles is 1. The van der Waals surface area contributed by atoms with Gasteiger partial charge in [-0.3, -0.25) is 0 Å². The highest BCUT2D eigenvalue weighted by atomic mass is 28.4. The molecule has 0 saturated heterocycles. The molecule has 26 heavy (non-hydrogen) atoms. The molecule has 0 aromatic heterocycles. The van der Waals surface area contributed by atoms with E-state index in [1.807, 2.05) is 6.07 Å². The quantitative estimate of drug-likeness (QED) is 0.299. The van der Waals surface area contributed by atoms with Crippen LogP contribution in [0.25, 0.3) is 0 Å². The molecule has 4 nitrogen and oxygen atoms in total. The van der Waals surface area contributed by atoms with Crippen LogP contribution in [0.4, 0.5) is 0 Å². The first kappa shape index (κ1) is 19.6. The van der Waals surface area contributed by atoms with E-state index in [0.29, 0.717) is 24.4 Å². The molecule has 4 fully saturated rings. The van der Waals surface area contributed by atoms with Crippen molar-refractivity contribution >= 4 is 14.3 Å². The van der Waals surface area contributed by atoms with Crippen LogP contribution in [-0.4, -0.2) is 26.5 Å². The highest BCUT2D eigenvalue weighted by Crippen LogP contribution is 2.60. The van der Waals surface area contributed by atoms with E-state index >= 15 is 0 Å². The number of ether oxygens (including phenoxy) is 1. The molecule has 0 spiro atoms. The molecule has 0 radical (unpaired) electrons. The first-order chi connectivity index (χ1) is 12.0. The van der Waals surface area contributed by atoms with E-state index in [-0.39, 0.29) is 16.5 Å². The van der Waals surface area contributed by atoms with Gasteiger partial charge in [0.15, 0.2) is 8.32 Å². The molecule has 4 saturated carbocycles. The molecular weight excluding hydrogens is 342 g/mol. The van der Waals surface area contributed by atoms with Crippen LogP contribution in [0, 0.1) is 35.0 Å². The van der Waals surface area contributed by atoms with Crippen LogP contribution in [0.3, 0.4) is 0 Å². The molecule has 0 heterocycles. The van der Waals surface area contributed by atoms with Gasteiger partial charge in [0.05, 0.1) is 0 Å².